The number of amides is 1. The Morgan fingerprint density at radius 2 is 2.07 bits per heavy atom. The minimum absolute atomic E-state index is 0.0877. The number of carbonyl (C=O) groups excluding carboxylic acids is 2. The van der Waals surface area contributed by atoms with Crippen molar-refractivity contribution in [2.45, 2.75) is 32.6 Å². The second kappa shape index (κ2) is 5.73. The quantitative estimate of drug-likeness (QED) is 0.623. The van der Waals surface area contributed by atoms with Gasteiger partial charge in [0, 0.05) is 13.0 Å². The number of hydrogen-bond acceptors (Lipinski definition) is 3. The number of nitrogens with zero attached hydrogens (tertiary/aromatic N) is 1. The molecule has 1 saturated carbocycles. The molecule has 1 aliphatic rings. The molecule has 0 spiro atoms. The molecule has 0 heterocycles. The average molecular weight is 213 g/mol. The lowest BCUT2D eigenvalue weighted by Crippen LogP contribution is -2.36. The molecule has 1 amide bonds. The highest BCUT2D eigenvalue weighted by Gasteiger charge is 2.27. The molecule has 0 bridgehead atoms. The largest absolute Gasteiger partial charge is 0.468 e. The van der Waals surface area contributed by atoms with Gasteiger partial charge >= 0.3 is 5.97 Å². The predicted molar refractivity (Wildman–Crippen MR) is 56.2 cm³/mol. The van der Waals surface area contributed by atoms with E-state index in [-0.39, 0.29) is 18.4 Å². The maximum Gasteiger partial charge on any atom is 0.325 e. The Morgan fingerprint density at radius 1 is 1.40 bits per heavy atom. The molecule has 15 heavy (non-hydrogen) atoms. The lowest BCUT2D eigenvalue weighted by molar-refractivity contribution is -0.147. The van der Waals surface area contributed by atoms with Gasteiger partial charge in [0.2, 0.25) is 5.91 Å². The Balaban J connectivity index is 2.39. The van der Waals surface area contributed by atoms with Crippen LogP contribution in [0.4, 0.5) is 0 Å². The van der Waals surface area contributed by atoms with Crippen LogP contribution in [0.15, 0.2) is 0 Å². The third-order valence-corrected chi connectivity index (χ3v) is 2.55. The van der Waals surface area contributed by atoms with Gasteiger partial charge in [-0.2, -0.15) is 0 Å². The lowest BCUT2D eigenvalue weighted by atomic mass is 10.2. The molecule has 0 aliphatic heterocycles. The second-order valence-corrected chi connectivity index (χ2v) is 4.04. The summed E-state index contributed by atoms with van der Waals surface area (Å²) in [7, 11) is 1.35. The van der Waals surface area contributed by atoms with E-state index in [9.17, 15) is 9.59 Å². The van der Waals surface area contributed by atoms with E-state index in [0.29, 0.717) is 18.9 Å². The summed E-state index contributed by atoms with van der Waals surface area (Å²) in [4.78, 5) is 24.4. The fourth-order valence-corrected chi connectivity index (χ4v) is 1.48. The molecule has 4 nitrogen and oxygen atoms in total. The van der Waals surface area contributed by atoms with Gasteiger partial charge in [0.25, 0.3) is 0 Å². The molecule has 1 rings (SSSR count). The molecule has 0 saturated heterocycles. The smallest absolute Gasteiger partial charge is 0.325 e. The van der Waals surface area contributed by atoms with E-state index in [2.05, 4.69) is 4.74 Å². The first-order valence-electron chi connectivity index (χ1n) is 5.52. The van der Waals surface area contributed by atoms with Gasteiger partial charge in [-0.3, -0.25) is 9.59 Å². The van der Waals surface area contributed by atoms with Crippen molar-refractivity contribution in [3.05, 3.63) is 0 Å². The zero-order valence-electron chi connectivity index (χ0n) is 9.49. The number of hydrogen-bond donors (Lipinski definition) is 0. The van der Waals surface area contributed by atoms with Gasteiger partial charge in [-0.1, -0.05) is 6.92 Å². The minimum atomic E-state index is -0.340. The molecule has 0 aromatic rings. The standard InChI is InChI=1S/C11H19NO3/c1-3-6-12(8-11(14)15-2)10(13)7-9-4-5-9/h9H,3-8H2,1-2H3. The van der Waals surface area contributed by atoms with Gasteiger partial charge in [-0.25, -0.2) is 0 Å². The van der Waals surface area contributed by atoms with E-state index < -0.39 is 0 Å². The maximum absolute atomic E-state index is 11.8. The highest BCUT2D eigenvalue weighted by molar-refractivity contribution is 5.82. The number of esters is 1. The van der Waals surface area contributed by atoms with E-state index in [1.165, 1.54) is 7.11 Å². The Hall–Kier alpha value is -1.06. The summed E-state index contributed by atoms with van der Waals surface area (Å²) in [6.45, 7) is 2.73. The molecule has 0 unspecified atom stereocenters. The summed E-state index contributed by atoms with van der Waals surface area (Å²) in [5.41, 5.74) is 0. The summed E-state index contributed by atoms with van der Waals surface area (Å²) >= 11 is 0. The van der Waals surface area contributed by atoms with Crippen molar-refractivity contribution < 1.29 is 14.3 Å². The summed E-state index contributed by atoms with van der Waals surface area (Å²) in [6, 6.07) is 0. The first-order chi connectivity index (χ1) is 7.17. The third kappa shape index (κ3) is 4.32. The first-order valence-corrected chi connectivity index (χ1v) is 5.52. The molecule has 1 aliphatic carbocycles. The van der Waals surface area contributed by atoms with Gasteiger partial charge in [-0.05, 0) is 25.2 Å². The van der Waals surface area contributed by atoms with Crippen LogP contribution >= 0.6 is 0 Å². The van der Waals surface area contributed by atoms with E-state index in [0.717, 1.165) is 19.3 Å². The van der Waals surface area contributed by atoms with Crippen LogP contribution < -0.4 is 0 Å². The van der Waals surface area contributed by atoms with Crippen LogP contribution in [-0.4, -0.2) is 37.0 Å². The molecular formula is C11H19NO3. The Morgan fingerprint density at radius 3 is 2.53 bits per heavy atom. The summed E-state index contributed by atoms with van der Waals surface area (Å²) in [6.07, 6.45) is 3.78. The predicted octanol–water partition coefficient (Wildman–Crippen LogP) is 1.20. The molecular weight excluding hydrogens is 194 g/mol. The van der Waals surface area contributed by atoms with E-state index in [1.54, 1.807) is 4.90 Å². The molecule has 4 heteroatoms. The van der Waals surface area contributed by atoms with Crippen molar-refractivity contribution in [1.82, 2.24) is 4.90 Å². The second-order valence-electron chi connectivity index (χ2n) is 4.04. The lowest BCUT2D eigenvalue weighted by Gasteiger charge is -2.20. The average Bonchev–Trinajstić information content (AvgIpc) is 3.00. The molecule has 0 N–H and O–H groups in total. The number of ether oxygens (including phenoxy) is 1. The van der Waals surface area contributed by atoms with Crippen molar-refractivity contribution in [1.29, 1.82) is 0 Å². The maximum atomic E-state index is 11.8. The Labute approximate surface area is 90.6 Å². The zero-order chi connectivity index (χ0) is 11.3. The van der Waals surface area contributed by atoms with Crippen molar-refractivity contribution in [3.8, 4) is 0 Å². The van der Waals surface area contributed by atoms with Gasteiger partial charge in [0.15, 0.2) is 0 Å². The highest BCUT2D eigenvalue weighted by Crippen LogP contribution is 2.32. The first kappa shape index (κ1) is 12.0. The summed E-state index contributed by atoms with van der Waals surface area (Å²) in [5.74, 6) is 0.312. The van der Waals surface area contributed by atoms with Crippen molar-refractivity contribution >= 4 is 11.9 Å². The van der Waals surface area contributed by atoms with Crippen LogP contribution in [0, 0.1) is 5.92 Å². The normalized spacial score (nSPS) is 14.8. The van der Waals surface area contributed by atoms with Gasteiger partial charge in [-0.15, -0.1) is 0 Å². The van der Waals surface area contributed by atoms with Crippen LogP contribution in [0.25, 0.3) is 0 Å². The van der Waals surface area contributed by atoms with Crippen LogP contribution in [-0.2, 0) is 14.3 Å². The topological polar surface area (TPSA) is 46.6 Å². The number of methoxy groups -OCH3 is 1. The van der Waals surface area contributed by atoms with Crippen LogP contribution in [0.1, 0.15) is 32.6 Å². The summed E-state index contributed by atoms with van der Waals surface area (Å²) < 4.78 is 4.56. The Bertz CT molecular complexity index is 236. The summed E-state index contributed by atoms with van der Waals surface area (Å²) in [5, 5.41) is 0. The van der Waals surface area contributed by atoms with Gasteiger partial charge in [0.05, 0.1) is 7.11 Å². The SMILES string of the molecule is CCCN(CC(=O)OC)C(=O)CC1CC1. The minimum Gasteiger partial charge on any atom is -0.468 e. The highest BCUT2D eigenvalue weighted by atomic mass is 16.5. The molecule has 86 valence electrons. The third-order valence-electron chi connectivity index (χ3n) is 2.55. The Kier molecular flexibility index (Phi) is 4.59. The van der Waals surface area contributed by atoms with Crippen LogP contribution in [0.5, 0.6) is 0 Å². The molecule has 0 atom stereocenters. The van der Waals surface area contributed by atoms with Crippen molar-refractivity contribution in [3.63, 3.8) is 0 Å². The number of carbonyl (C=O) groups is 2. The number of rotatable bonds is 6. The fourth-order valence-electron chi connectivity index (χ4n) is 1.48. The molecule has 0 aromatic carbocycles. The fraction of sp³-hybridized carbons (Fsp3) is 0.818. The van der Waals surface area contributed by atoms with E-state index in [4.69, 9.17) is 0 Å². The molecule has 1 fully saturated rings. The van der Waals surface area contributed by atoms with Crippen LogP contribution in [0.2, 0.25) is 0 Å². The van der Waals surface area contributed by atoms with Gasteiger partial charge < -0.3 is 9.64 Å². The monoisotopic (exact) mass is 213 g/mol. The van der Waals surface area contributed by atoms with E-state index >= 15 is 0 Å². The van der Waals surface area contributed by atoms with Gasteiger partial charge in [0.1, 0.15) is 6.54 Å². The van der Waals surface area contributed by atoms with E-state index in [1.807, 2.05) is 6.92 Å². The van der Waals surface area contributed by atoms with Crippen molar-refractivity contribution in [2.75, 3.05) is 20.2 Å². The van der Waals surface area contributed by atoms with Crippen LogP contribution in [0.3, 0.4) is 0 Å². The molecule has 0 radical (unpaired) electrons. The molecule has 0 aromatic heterocycles. The van der Waals surface area contributed by atoms with Crippen molar-refractivity contribution in [2.24, 2.45) is 5.92 Å². The zero-order valence-corrected chi connectivity index (χ0v) is 9.49.